The highest BCUT2D eigenvalue weighted by Crippen LogP contribution is 2.44. The molecular weight excluding hydrogens is 432 g/mol. The zero-order chi connectivity index (χ0) is 24.5. The molecule has 180 valence electrons. The van der Waals surface area contributed by atoms with Gasteiger partial charge in [0, 0.05) is 17.7 Å². The lowest BCUT2D eigenvalue weighted by Gasteiger charge is -2.30. The van der Waals surface area contributed by atoms with Crippen LogP contribution in [0.1, 0.15) is 75.1 Å². The number of allylic oxidation sites excluding steroid dienone is 1. The van der Waals surface area contributed by atoms with Gasteiger partial charge in [-0.3, -0.25) is 4.79 Å². The van der Waals surface area contributed by atoms with E-state index in [0.29, 0.717) is 12.3 Å². The van der Waals surface area contributed by atoms with E-state index in [4.69, 9.17) is 4.74 Å². The van der Waals surface area contributed by atoms with Crippen molar-refractivity contribution >= 4 is 17.2 Å². The Morgan fingerprint density at radius 2 is 1.46 bits per heavy atom. The van der Waals surface area contributed by atoms with Crippen LogP contribution in [0.4, 0.5) is 11.4 Å². The third kappa shape index (κ3) is 4.84. The summed E-state index contributed by atoms with van der Waals surface area (Å²) in [6, 6.07) is 25.0. The monoisotopic (exact) mass is 466 g/mol. The van der Waals surface area contributed by atoms with Gasteiger partial charge >= 0.3 is 0 Å². The standard InChI is InChI=1S/C31H34N2O2/c1-19(2)21-9-11-23(12-10-21)31-30-28(32-26-7-5-6-8-27(26)33-31)17-24(18-29(30)34)22-13-15-25(16-14-22)35-20(3)4/h5-16,19-20,24,31-33H,17-18H2,1-4H3. The topological polar surface area (TPSA) is 50.4 Å². The maximum absolute atomic E-state index is 13.7. The lowest BCUT2D eigenvalue weighted by Crippen LogP contribution is -2.26. The molecule has 2 atom stereocenters. The molecule has 0 radical (unpaired) electrons. The number of para-hydroxylation sites is 2. The van der Waals surface area contributed by atoms with Crippen molar-refractivity contribution in [2.45, 2.75) is 64.5 Å². The Balaban J connectivity index is 1.51. The maximum Gasteiger partial charge on any atom is 0.163 e. The first-order valence-electron chi connectivity index (χ1n) is 12.6. The number of hydrogen-bond donors (Lipinski definition) is 2. The SMILES string of the molecule is CC(C)Oc1ccc(C2CC(=O)C3=C(C2)Nc2ccccc2NC3c2ccc(C(C)C)cc2)cc1. The number of ketones is 1. The molecule has 0 spiro atoms. The normalized spacial score (nSPS) is 19.5. The number of hydrogen-bond acceptors (Lipinski definition) is 4. The van der Waals surface area contributed by atoms with Crippen LogP contribution in [0, 0.1) is 0 Å². The van der Waals surface area contributed by atoms with Gasteiger partial charge in [0.15, 0.2) is 5.78 Å². The second-order valence-electron chi connectivity index (χ2n) is 10.2. The van der Waals surface area contributed by atoms with Crippen molar-refractivity contribution in [3.63, 3.8) is 0 Å². The predicted molar refractivity (Wildman–Crippen MR) is 143 cm³/mol. The number of carbonyl (C=O) groups is 1. The number of Topliss-reactive ketones (excluding diaryl/α,β-unsaturated/α-hetero) is 1. The van der Waals surface area contributed by atoms with Crippen molar-refractivity contribution in [2.75, 3.05) is 10.6 Å². The maximum atomic E-state index is 13.7. The molecule has 0 amide bonds. The van der Waals surface area contributed by atoms with Crippen LogP contribution >= 0.6 is 0 Å². The van der Waals surface area contributed by atoms with E-state index in [0.717, 1.165) is 40.4 Å². The van der Waals surface area contributed by atoms with Crippen LogP contribution in [0.15, 0.2) is 84.1 Å². The second kappa shape index (κ2) is 9.61. The first-order chi connectivity index (χ1) is 16.9. The van der Waals surface area contributed by atoms with Crippen LogP contribution in [0.5, 0.6) is 5.75 Å². The fraction of sp³-hybridized carbons (Fsp3) is 0.323. The number of nitrogens with one attached hydrogen (secondary N) is 2. The zero-order valence-electron chi connectivity index (χ0n) is 21.0. The predicted octanol–water partition coefficient (Wildman–Crippen LogP) is 7.58. The Labute approximate surface area is 208 Å². The van der Waals surface area contributed by atoms with E-state index in [1.807, 2.05) is 38.1 Å². The summed E-state index contributed by atoms with van der Waals surface area (Å²) in [6.07, 6.45) is 1.44. The Hall–Kier alpha value is -3.53. The lowest BCUT2D eigenvalue weighted by molar-refractivity contribution is -0.116. The van der Waals surface area contributed by atoms with Crippen molar-refractivity contribution in [2.24, 2.45) is 0 Å². The van der Waals surface area contributed by atoms with E-state index in [9.17, 15) is 4.79 Å². The summed E-state index contributed by atoms with van der Waals surface area (Å²) < 4.78 is 5.81. The number of carbonyl (C=O) groups excluding carboxylic acids is 1. The smallest absolute Gasteiger partial charge is 0.163 e. The number of ether oxygens (including phenoxy) is 1. The fourth-order valence-corrected chi connectivity index (χ4v) is 5.14. The van der Waals surface area contributed by atoms with E-state index >= 15 is 0 Å². The number of benzene rings is 3. The van der Waals surface area contributed by atoms with Crippen LogP contribution in [0.25, 0.3) is 0 Å². The largest absolute Gasteiger partial charge is 0.491 e. The molecule has 2 unspecified atom stereocenters. The molecule has 3 aromatic rings. The van der Waals surface area contributed by atoms with Gasteiger partial charge in [0.25, 0.3) is 0 Å². The number of rotatable bonds is 5. The van der Waals surface area contributed by atoms with Crippen molar-refractivity contribution in [1.82, 2.24) is 0 Å². The van der Waals surface area contributed by atoms with Crippen molar-refractivity contribution in [3.8, 4) is 5.75 Å². The van der Waals surface area contributed by atoms with E-state index < -0.39 is 0 Å². The summed E-state index contributed by atoms with van der Waals surface area (Å²) in [5.74, 6) is 1.67. The number of fused-ring (bicyclic) bond motifs is 1. The van der Waals surface area contributed by atoms with Crippen LogP contribution in [-0.2, 0) is 4.79 Å². The molecule has 2 aliphatic rings. The highest BCUT2D eigenvalue weighted by molar-refractivity contribution is 6.01. The molecule has 1 aliphatic carbocycles. The van der Waals surface area contributed by atoms with Gasteiger partial charge in [-0.15, -0.1) is 0 Å². The quantitative estimate of drug-likeness (QED) is 0.407. The van der Waals surface area contributed by atoms with E-state index in [-0.39, 0.29) is 23.8 Å². The van der Waals surface area contributed by atoms with Crippen LogP contribution in [0.2, 0.25) is 0 Å². The minimum absolute atomic E-state index is 0.135. The van der Waals surface area contributed by atoms with Gasteiger partial charge in [-0.1, -0.05) is 62.4 Å². The molecule has 4 nitrogen and oxygen atoms in total. The molecule has 0 saturated carbocycles. The minimum atomic E-state index is -0.183. The van der Waals surface area contributed by atoms with Gasteiger partial charge in [-0.2, -0.15) is 0 Å². The summed E-state index contributed by atoms with van der Waals surface area (Å²) in [4.78, 5) is 13.7. The zero-order valence-corrected chi connectivity index (χ0v) is 21.0. The Morgan fingerprint density at radius 3 is 2.11 bits per heavy atom. The third-order valence-corrected chi connectivity index (χ3v) is 6.97. The average Bonchev–Trinajstić information content (AvgIpc) is 3.01. The highest BCUT2D eigenvalue weighted by Gasteiger charge is 2.36. The average molecular weight is 467 g/mol. The van der Waals surface area contributed by atoms with Crippen molar-refractivity contribution in [1.29, 1.82) is 0 Å². The van der Waals surface area contributed by atoms with Gasteiger partial charge in [-0.25, -0.2) is 0 Å². The summed E-state index contributed by atoms with van der Waals surface area (Å²) >= 11 is 0. The first-order valence-corrected chi connectivity index (χ1v) is 12.6. The van der Waals surface area contributed by atoms with Gasteiger partial charge in [0.05, 0.1) is 23.5 Å². The van der Waals surface area contributed by atoms with Gasteiger partial charge in [0.1, 0.15) is 5.75 Å². The molecule has 3 aromatic carbocycles. The summed E-state index contributed by atoms with van der Waals surface area (Å²) in [6.45, 7) is 8.45. The third-order valence-electron chi connectivity index (χ3n) is 6.97. The van der Waals surface area contributed by atoms with Crippen LogP contribution < -0.4 is 15.4 Å². The molecule has 5 rings (SSSR count). The molecule has 35 heavy (non-hydrogen) atoms. The highest BCUT2D eigenvalue weighted by atomic mass is 16.5. The first kappa shape index (κ1) is 23.2. The van der Waals surface area contributed by atoms with Gasteiger partial charge in [-0.05, 0) is 73.1 Å². The second-order valence-corrected chi connectivity index (χ2v) is 10.2. The minimum Gasteiger partial charge on any atom is -0.491 e. The lowest BCUT2D eigenvalue weighted by atomic mass is 9.78. The summed E-state index contributed by atoms with van der Waals surface area (Å²) in [7, 11) is 0. The summed E-state index contributed by atoms with van der Waals surface area (Å²) in [5.41, 5.74) is 7.48. The number of anilines is 2. The van der Waals surface area contributed by atoms with Crippen LogP contribution in [-0.4, -0.2) is 11.9 Å². The Bertz CT molecular complexity index is 1240. The van der Waals surface area contributed by atoms with E-state index in [1.165, 1.54) is 11.1 Å². The van der Waals surface area contributed by atoms with Gasteiger partial charge < -0.3 is 15.4 Å². The van der Waals surface area contributed by atoms with E-state index in [2.05, 4.69) is 73.0 Å². The van der Waals surface area contributed by atoms with Crippen LogP contribution in [0.3, 0.4) is 0 Å². The Morgan fingerprint density at radius 1 is 0.800 bits per heavy atom. The molecule has 4 heteroatoms. The van der Waals surface area contributed by atoms with Gasteiger partial charge in [0.2, 0.25) is 0 Å². The van der Waals surface area contributed by atoms with Crippen molar-refractivity contribution in [3.05, 3.63) is 101 Å². The fourth-order valence-electron chi connectivity index (χ4n) is 5.14. The molecule has 0 saturated heterocycles. The molecule has 2 N–H and O–H groups in total. The molecule has 0 bridgehead atoms. The van der Waals surface area contributed by atoms with Crippen molar-refractivity contribution < 1.29 is 9.53 Å². The molecule has 0 aromatic heterocycles. The molecule has 1 aliphatic heterocycles. The summed E-state index contributed by atoms with van der Waals surface area (Å²) in [5, 5.41) is 7.31. The van der Waals surface area contributed by atoms with E-state index in [1.54, 1.807) is 0 Å². The Kier molecular flexibility index (Phi) is 6.38. The molecule has 0 fully saturated rings. The molecule has 1 heterocycles. The molecular formula is C31H34N2O2.